The number of nitrogens with zero attached hydrogens (tertiary/aromatic N) is 3. The number of hydrogen-bond donors (Lipinski definition) is 1. The highest BCUT2D eigenvalue weighted by Crippen LogP contribution is 2.41. The third kappa shape index (κ3) is 3.02. The molecule has 1 aromatic carbocycles. The molecular weight excluding hydrogens is 338 g/mol. The van der Waals surface area contributed by atoms with Gasteiger partial charge in [0.15, 0.2) is 0 Å². The molecule has 1 amide bonds. The molecule has 5 nitrogen and oxygen atoms in total. The number of carbonyl (C=O) groups excluding carboxylic acids is 1. The molecule has 1 aliphatic carbocycles. The summed E-state index contributed by atoms with van der Waals surface area (Å²) < 4.78 is 0. The zero-order chi connectivity index (χ0) is 18.8. The molecule has 136 valence electrons. The van der Waals surface area contributed by atoms with Gasteiger partial charge in [-0.2, -0.15) is 5.26 Å². The summed E-state index contributed by atoms with van der Waals surface area (Å²) in [7, 11) is 0. The summed E-state index contributed by atoms with van der Waals surface area (Å²) in [6, 6.07) is 14.5. The summed E-state index contributed by atoms with van der Waals surface area (Å²) in [6.07, 6.45) is 7.27. The van der Waals surface area contributed by atoms with E-state index in [2.05, 4.69) is 29.3 Å². The van der Waals surface area contributed by atoms with Crippen LogP contribution < -0.4 is 0 Å². The van der Waals surface area contributed by atoms with Crippen molar-refractivity contribution in [3.05, 3.63) is 71.6 Å². The van der Waals surface area contributed by atoms with E-state index < -0.39 is 12.1 Å². The van der Waals surface area contributed by atoms with E-state index in [9.17, 15) is 15.2 Å². The summed E-state index contributed by atoms with van der Waals surface area (Å²) in [4.78, 5) is 18.3. The number of pyridine rings is 1. The van der Waals surface area contributed by atoms with Crippen molar-refractivity contribution in [2.75, 3.05) is 6.61 Å². The van der Waals surface area contributed by atoms with Crippen LogP contribution in [0.15, 0.2) is 54.7 Å². The number of aromatic nitrogens is 1. The van der Waals surface area contributed by atoms with Gasteiger partial charge in [-0.1, -0.05) is 36.4 Å². The van der Waals surface area contributed by atoms with Crippen LogP contribution in [0.2, 0.25) is 0 Å². The van der Waals surface area contributed by atoms with Gasteiger partial charge < -0.3 is 10.0 Å². The molecule has 1 fully saturated rings. The molecule has 0 saturated carbocycles. The van der Waals surface area contributed by atoms with Crippen molar-refractivity contribution in [3.63, 3.8) is 0 Å². The van der Waals surface area contributed by atoms with Gasteiger partial charge in [-0.3, -0.25) is 9.78 Å². The zero-order valence-corrected chi connectivity index (χ0v) is 15.0. The predicted octanol–water partition coefficient (Wildman–Crippen LogP) is 3.14. The molecule has 1 N–H and O–H groups in total. The average Bonchev–Trinajstić information content (AvgIpc) is 3.24. The maximum Gasteiger partial charge on any atom is 0.273 e. The van der Waals surface area contributed by atoms with Gasteiger partial charge in [0.25, 0.3) is 5.91 Å². The molecule has 1 aromatic heterocycles. The second kappa shape index (κ2) is 7.34. The molecule has 5 heteroatoms. The summed E-state index contributed by atoms with van der Waals surface area (Å²) in [5.41, 5.74) is 3.86. The van der Waals surface area contributed by atoms with E-state index in [-0.39, 0.29) is 24.1 Å². The van der Waals surface area contributed by atoms with E-state index in [0.717, 1.165) is 18.4 Å². The third-order valence-corrected chi connectivity index (χ3v) is 5.56. The third-order valence-electron chi connectivity index (χ3n) is 5.56. The number of likely N-dealkylation sites (tertiary alicyclic amines) is 1. The lowest BCUT2D eigenvalue weighted by atomic mass is 9.75. The Balaban J connectivity index is 1.58. The lowest BCUT2D eigenvalue weighted by Crippen LogP contribution is -2.65. The van der Waals surface area contributed by atoms with Crippen molar-refractivity contribution in [2.45, 2.75) is 37.3 Å². The van der Waals surface area contributed by atoms with Crippen LogP contribution in [0.3, 0.4) is 0 Å². The lowest BCUT2D eigenvalue weighted by molar-refractivity contribution is -0.00629. The standard InChI is InChI=1S/C22H21N3O2/c23-13-19-21(17-10-8-16(9-11-17)15-5-1-2-6-15)20(14-26)25(19)22(27)18-7-3-4-12-24-18/h3-5,7-12,19-21,26H,1-2,6,14H2/t19-,20-,21-/m1/s1. The van der Waals surface area contributed by atoms with Crippen LogP contribution in [-0.2, 0) is 0 Å². The molecule has 2 aromatic rings. The van der Waals surface area contributed by atoms with Crippen molar-refractivity contribution in [3.8, 4) is 6.07 Å². The van der Waals surface area contributed by atoms with Gasteiger partial charge in [0.1, 0.15) is 11.7 Å². The highest BCUT2D eigenvalue weighted by molar-refractivity contribution is 5.94. The Morgan fingerprint density at radius 3 is 2.67 bits per heavy atom. The summed E-state index contributed by atoms with van der Waals surface area (Å²) in [6.45, 7) is -0.186. The predicted molar refractivity (Wildman–Crippen MR) is 102 cm³/mol. The number of nitriles is 1. The Morgan fingerprint density at radius 1 is 1.26 bits per heavy atom. The second-order valence-electron chi connectivity index (χ2n) is 7.02. The van der Waals surface area contributed by atoms with Crippen LogP contribution in [0.4, 0.5) is 0 Å². The first-order valence-electron chi connectivity index (χ1n) is 9.28. The smallest absolute Gasteiger partial charge is 0.273 e. The van der Waals surface area contributed by atoms with Gasteiger partial charge in [-0.05, 0) is 48.1 Å². The molecule has 4 rings (SSSR count). The molecule has 0 spiro atoms. The first kappa shape index (κ1) is 17.4. The Kier molecular flexibility index (Phi) is 4.74. The molecule has 0 radical (unpaired) electrons. The van der Waals surface area contributed by atoms with Crippen molar-refractivity contribution in [1.82, 2.24) is 9.88 Å². The quantitative estimate of drug-likeness (QED) is 0.910. The van der Waals surface area contributed by atoms with E-state index in [0.29, 0.717) is 0 Å². The summed E-state index contributed by atoms with van der Waals surface area (Å²) in [5, 5.41) is 19.6. The highest BCUT2D eigenvalue weighted by atomic mass is 16.3. The Morgan fingerprint density at radius 2 is 2.07 bits per heavy atom. The summed E-state index contributed by atoms with van der Waals surface area (Å²) >= 11 is 0. The maximum atomic E-state index is 12.8. The van der Waals surface area contributed by atoms with Crippen LogP contribution in [0, 0.1) is 11.3 Å². The van der Waals surface area contributed by atoms with Crippen molar-refractivity contribution < 1.29 is 9.90 Å². The van der Waals surface area contributed by atoms with E-state index in [1.165, 1.54) is 22.5 Å². The van der Waals surface area contributed by atoms with Crippen LogP contribution >= 0.6 is 0 Å². The van der Waals surface area contributed by atoms with Crippen LogP contribution in [-0.4, -0.2) is 39.6 Å². The van der Waals surface area contributed by atoms with Crippen molar-refractivity contribution >= 4 is 11.5 Å². The summed E-state index contributed by atoms with van der Waals surface area (Å²) in [5.74, 6) is -0.510. The maximum absolute atomic E-state index is 12.8. The minimum atomic E-state index is -0.604. The molecule has 0 bridgehead atoms. The van der Waals surface area contributed by atoms with Gasteiger partial charge in [0, 0.05) is 12.1 Å². The van der Waals surface area contributed by atoms with Gasteiger partial charge in [0.05, 0.1) is 18.7 Å². The Labute approximate surface area is 158 Å². The highest BCUT2D eigenvalue weighted by Gasteiger charge is 2.52. The van der Waals surface area contributed by atoms with E-state index in [4.69, 9.17) is 0 Å². The molecular formula is C22H21N3O2. The number of benzene rings is 1. The van der Waals surface area contributed by atoms with E-state index in [1.54, 1.807) is 24.4 Å². The van der Waals surface area contributed by atoms with Crippen LogP contribution in [0.1, 0.15) is 46.8 Å². The average molecular weight is 359 g/mol. The Hall–Kier alpha value is -2.97. The molecule has 3 atom stereocenters. The number of aliphatic hydroxyl groups excluding tert-OH is 1. The fourth-order valence-corrected chi connectivity index (χ4v) is 4.16. The first-order chi connectivity index (χ1) is 13.2. The number of carbonyl (C=O) groups is 1. The van der Waals surface area contributed by atoms with Crippen molar-refractivity contribution in [2.24, 2.45) is 0 Å². The minimum Gasteiger partial charge on any atom is -0.394 e. The number of allylic oxidation sites excluding steroid dienone is 2. The normalized spacial score (nSPS) is 24.1. The number of amides is 1. The second-order valence-corrected chi connectivity index (χ2v) is 7.02. The van der Waals surface area contributed by atoms with Gasteiger partial charge >= 0.3 is 0 Å². The minimum absolute atomic E-state index is 0.186. The van der Waals surface area contributed by atoms with Gasteiger partial charge in [0.2, 0.25) is 0 Å². The van der Waals surface area contributed by atoms with Crippen molar-refractivity contribution in [1.29, 1.82) is 5.26 Å². The fraction of sp³-hybridized carbons (Fsp3) is 0.318. The fourth-order valence-electron chi connectivity index (χ4n) is 4.16. The molecule has 27 heavy (non-hydrogen) atoms. The molecule has 1 aliphatic heterocycles. The number of hydrogen-bond acceptors (Lipinski definition) is 4. The molecule has 0 unspecified atom stereocenters. The van der Waals surface area contributed by atoms with Gasteiger partial charge in [-0.25, -0.2) is 0 Å². The zero-order valence-electron chi connectivity index (χ0n) is 15.0. The monoisotopic (exact) mass is 359 g/mol. The molecule has 2 heterocycles. The molecule has 1 saturated heterocycles. The van der Waals surface area contributed by atoms with Crippen LogP contribution in [0.25, 0.3) is 5.57 Å². The number of rotatable bonds is 4. The largest absolute Gasteiger partial charge is 0.394 e. The first-order valence-corrected chi connectivity index (χ1v) is 9.28. The van der Waals surface area contributed by atoms with E-state index in [1.807, 2.05) is 12.1 Å². The lowest BCUT2D eigenvalue weighted by Gasteiger charge is -2.51. The molecule has 2 aliphatic rings. The Bertz CT molecular complexity index is 899. The van der Waals surface area contributed by atoms with Gasteiger partial charge in [-0.15, -0.1) is 0 Å². The van der Waals surface area contributed by atoms with E-state index >= 15 is 0 Å². The van der Waals surface area contributed by atoms with Crippen LogP contribution in [0.5, 0.6) is 0 Å². The topological polar surface area (TPSA) is 77.2 Å². The number of aliphatic hydroxyl groups is 1. The SMILES string of the molecule is N#C[C@@H]1[C@@H](c2ccc(C3=CCCC3)cc2)[C@@H](CO)N1C(=O)c1ccccn1.